The number of para-hydroxylation sites is 2. The summed E-state index contributed by atoms with van der Waals surface area (Å²) < 4.78 is 16.6. The molecule has 0 N–H and O–H groups in total. The fraction of sp³-hybridized carbons (Fsp3) is 0.533. The van der Waals surface area contributed by atoms with E-state index in [9.17, 15) is 4.79 Å². The molecule has 4 heteroatoms. The molecular formula is C15H18O4. The zero-order chi connectivity index (χ0) is 13.1. The molecule has 0 saturated carbocycles. The topological polar surface area (TPSA) is 44.8 Å². The van der Waals surface area contributed by atoms with Crippen molar-refractivity contribution in [2.45, 2.75) is 25.4 Å². The minimum absolute atomic E-state index is 0.140. The van der Waals surface area contributed by atoms with Gasteiger partial charge in [-0.25, -0.2) is 0 Å². The van der Waals surface area contributed by atoms with Gasteiger partial charge >= 0.3 is 0 Å². The normalized spacial score (nSPS) is 23.1. The Bertz CT molecular complexity index is 451. The fourth-order valence-corrected chi connectivity index (χ4v) is 2.54. The number of ketones is 1. The first-order valence-electron chi connectivity index (χ1n) is 6.82. The number of carbonyl (C=O) groups excluding carboxylic acids is 1. The van der Waals surface area contributed by atoms with Crippen LogP contribution in [0.5, 0.6) is 11.5 Å². The second-order valence-electron chi connectivity index (χ2n) is 5.09. The van der Waals surface area contributed by atoms with Gasteiger partial charge < -0.3 is 14.2 Å². The maximum absolute atomic E-state index is 12.2. The molecule has 19 heavy (non-hydrogen) atoms. The molecule has 0 aromatic heterocycles. The Morgan fingerprint density at radius 2 is 1.89 bits per heavy atom. The molecule has 2 aliphatic rings. The zero-order valence-electron chi connectivity index (χ0n) is 10.8. The Balaban J connectivity index is 1.59. The van der Waals surface area contributed by atoms with Gasteiger partial charge in [-0.15, -0.1) is 0 Å². The highest BCUT2D eigenvalue weighted by Crippen LogP contribution is 2.32. The van der Waals surface area contributed by atoms with Crippen molar-refractivity contribution < 1.29 is 19.0 Å². The van der Waals surface area contributed by atoms with E-state index < -0.39 is 6.10 Å². The van der Waals surface area contributed by atoms with E-state index in [2.05, 4.69) is 0 Å². The summed E-state index contributed by atoms with van der Waals surface area (Å²) in [4.78, 5) is 12.2. The van der Waals surface area contributed by atoms with Crippen molar-refractivity contribution in [1.82, 2.24) is 0 Å². The molecular weight excluding hydrogens is 244 g/mol. The Morgan fingerprint density at radius 1 is 1.16 bits per heavy atom. The van der Waals surface area contributed by atoms with Gasteiger partial charge in [-0.3, -0.25) is 4.79 Å². The second-order valence-corrected chi connectivity index (χ2v) is 5.09. The maximum Gasteiger partial charge on any atom is 0.190 e. The first-order valence-corrected chi connectivity index (χ1v) is 6.82. The van der Waals surface area contributed by atoms with Crippen LogP contribution in [0, 0.1) is 5.92 Å². The quantitative estimate of drug-likeness (QED) is 0.837. The molecule has 0 radical (unpaired) electrons. The summed E-state index contributed by atoms with van der Waals surface area (Å²) >= 11 is 0. The Morgan fingerprint density at radius 3 is 2.68 bits per heavy atom. The number of benzene rings is 1. The third kappa shape index (κ3) is 2.89. The van der Waals surface area contributed by atoms with Crippen LogP contribution in [0.2, 0.25) is 0 Å². The SMILES string of the molecule is O=C(CC1CCOCC1)C1COc2ccccc2O1. The molecule has 3 rings (SSSR count). The average Bonchev–Trinajstić information content (AvgIpc) is 2.48. The van der Waals surface area contributed by atoms with Crippen molar-refractivity contribution in [1.29, 1.82) is 0 Å². The predicted octanol–water partition coefficient (Wildman–Crippen LogP) is 2.21. The maximum atomic E-state index is 12.2. The van der Waals surface area contributed by atoms with Crippen molar-refractivity contribution in [3.8, 4) is 11.5 Å². The largest absolute Gasteiger partial charge is 0.485 e. The predicted molar refractivity (Wildman–Crippen MR) is 69.5 cm³/mol. The van der Waals surface area contributed by atoms with Crippen molar-refractivity contribution >= 4 is 5.78 Å². The van der Waals surface area contributed by atoms with E-state index >= 15 is 0 Å². The third-order valence-corrected chi connectivity index (χ3v) is 3.70. The van der Waals surface area contributed by atoms with Crippen molar-refractivity contribution in [2.75, 3.05) is 19.8 Å². The Hall–Kier alpha value is -1.55. The van der Waals surface area contributed by atoms with Gasteiger partial charge in [0.2, 0.25) is 0 Å². The van der Waals surface area contributed by atoms with Crippen LogP contribution in [-0.2, 0) is 9.53 Å². The molecule has 1 unspecified atom stereocenters. The summed E-state index contributed by atoms with van der Waals surface area (Å²) in [6, 6.07) is 7.47. The van der Waals surface area contributed by atoms with Crippen LogP contribution in [0.4, 0.5) is 0 Å². The van der Waals surface area contributed by atoms with Crippen LogP contribution in [-0.4, -0.2) is 31.7 Å². The van der Waals surface area contributed by atoms with Crippen molar-refractivity contribution in [3.63, 3.8) is 0 Å². The molecule has 0 amide bonds. The van der Waals surface area contributed by atoms with Gasteiger partial charge in [0.25, 0.3) is 0 Å². The third-order valence-electron chi connectivity index (χ3n) is 3.70. The summed E-state index contributed by atoms with van der Waals surface area (Å²) in [5.74, 6) is 1.96. The highest BCUT2D eigenvalue weighted by molar-refractivity contribution is 5.84. The highest BCUT2D eigenvalue weighted by atomic mass is 16.6. The number of Topliss-reactive ketones (excluding diaryl/α,β-unsaturated/α-hetero) is 1. The standard InChI is InChI=1S/C15H18O4/c16-12(9-11-5-7-17-8-6-11)15-10-18-13-3-1-2-4-14(13)19-15/h1-4,11,15H,5-10H2. The Labute approximate surface area is 112 Å². The van der Waals surface area contributed by atoms with E-state index in [0.717, 1.165) is 31.8 Å². The monoisotopic (exact) mass is 262 g/mol. The highest BCUT2D eigenvalue weighted by Gasteiger charge is 2.29. The summed E-state index contributed by atoms with van der Waals surface area (Å²) in [6.07, 6.45) is 2.04. The molecule has 1 fully saturated rings. The van der Waals surface area contributed by atoms with Crippen molar-refractivity contribution in [2.24, 2.45) is 5.92 Å². The Kier molecular flexibility index (Phi) is 3.69. The van der Waals surface area contributed by atoms with Gasteiger partial charge in [-0.1, -0.05) is 12.1 Å². The fourth-order valence-electron chi connectivity index (χ4n) is 2.54. The minimum atomic E-state index is -0.460. The summed E-state index contributed by atoms with van der Waals surface area (Å²) in [7, 11) is 0. The summed E-state index contributed by atoms with van der Waals surface area (Å²) in [6.45, 7) is 1.85. The number of ether oxygens (including phenoxy) is 3. The van der Waals surface area contributed by atoms with Gasteiger partial charge in [0.05, 0.1) is 0 Å². The molecule has 0 aliphatic carbocycles. The van der Waals surface area contributed by atoms with E-state index in [1.165, 1.54) is 0 Å². The second kappa shape index (κ2) is 5.61. The number of fused-ring (bicyclic) bond motifs is 1. The van der Waals surface area contributed by atoms with E-state index in [4.69, 9.17) is 14.2 Å². The van der Waals surface area contributed by atoms with Crippen LogP contribution in [0.25, 0.3) is 0 Å². The van der Waals surface area contributed by atoms with Crippen LogP contribution >= 0.6 is 0 Å². The van der Waals surface area contributed by atoms with Gasteiger partial charge in [-0.2, -0.15) is 0 Å². The molecule has 1 saturated heterocycles. The molecule has 2 heterocycles. The van der Waals surface area contributed by atoms with Gasteiger partial charge in [0.1, 0.15) is 6.61 Å². The molecule has 102 valence electrons. The lowest BCUT2D eigenvalue weighted by molar-refractivity contribution is -0.129. The first kappa shape index (κ1) is 12.5. The average molecular weight is 262 g/mol. The van der Waals surface area contributed by atoms with Crippen LogP contribution < -0.4 is 9.47 Å². The lowest BCUT2D eigenvalue weighted by Gasteiger charge is -2.27. The molecule has 1 aromatic carbocycles. The van der Waals surface area contributed by atoms with E-state index in [0.29, 0.717) is 24.7 Å². The number of hydrogen-bond donors (Lipinski definition) is 0. The zero-order valence-corrected chi connectivity index (χ0v) is 10.8. The molecule has 1 atom stereocenters. The molecule has 1 aromatic rings. The first-order chi connectivity index (χ1) is 9.33. The van der Waals surface area contributed by atoms with E-state index in [1.807, 2.05) is 24.3 Å². The van der Waals surface area contributed by atoms with Gasteiger partial charge in [0.15, 0.2) is 23.4 Å². The summed E-state index contributed by atoms with van der Waals surface area (Å²) in [5, 5.41) is 0. The lowest BCUT2D eigenvalue weighted by atomic mass is 9.92. The van der Waals surface area contributed by atoms with E-state index in [1.54, 1.807) is 0 Å². The minimum Gasteiger partial charge on any atom is -0.485 e. The van der Waals surface area contributed by atoms with Crippen molar-refractivity contribution in [3.05, 3.63) is 24.3 Å². The summed E-state index contributed by atoms with van der Waals surface area (Å²) in [5.41, 5.74) is 0. The van der Waals surface area contributed by atoms with Crippen LogP contribution in [0.1, 0.15) is 19.3 Å². The molecule has 4 nitrogen and oxygen atoms in total. The number of carbonyl (C=O) groups is 1. The van der Waals surface area contributed by atoms with Gasteiger partial charge in [0, 0.05) is 19.6 Å². The molecule has 0 spiro atoms. The van der Waals surface area contributed by atoms with Gasteiger partial charge in [-0.05, 0) is 30.9 Å². The van der Waals surface area contributed by atoms with E-state index in [-0.39, 0.29) is 5.78 Å². The molecule has 0 bridgehead atoms. The smallest absolute Gasteiger partial charge is 0.190 e. The number of rotatable bonds is 3. The van der Waals surface area contributed by atoms with Crippen LogP contribution in [0.15, 0.2) is 24.3 Å². The van der Waals surface area contributed by atoms with Crippen LogP contribution in [0.3, 0.4) is 0 Å². The number of hydrogen-bond acceptors (Lipinski definition) is 4. The molecule has 2 aliphatic heterocycles. The lowest BCUT2D eigenvalue weighted by Crippen LogP contribution is -2.37.